The number of anilines is 1. The van der Waals surface area contributed by atoms with Crippen molar-refractivity contribution < 1.29 is 18.8 Å². The van der Waals surface area contributed by atoms with Crippen molar-refractivity contribution in [1.29, 1.82) is 0 Å². The molecule has 2 saturated heterocycles. The molecule has 1 aromatic carbocycles. The van der Waals surface area contributed by atoms with Crippen LogP contribution in [0.2, 0.25) is 0 Å². The van der Waals surface area contributed by atoms with Crippen molar-refractivity contribution >= 4 is 23.5 Å². The zero-order chi connectivity index (χ0) is 16.6. The Morgan fingerprint density at radius 2 is 2.00 bits per heavy atom. The fourth-order valence-electron chi connectivity index (χ4n) is 2.85. The van der Waals surface area contributed by atoms with E-state index in [-0.39, 0.29) is 30.8 Å². The van der Waals surface area contributed by atoms with Gasteiger partial charge in [0.1, 0.15) is 5.82 Å². The summed E-state index contributed by atoms with van der Waals surface area (Å²) >= 11 is 0. The molecule has 1 aromatic rings. The van der Waals surface area contributed by atoms with Gasteiger partial charge in [0.05, 0.1) is 12.0 Å². The Morgan fingerprint density at radius 1 is 1.26 bits per heavy atom. The molecule has 122 valence electrons. The van der Waals surface area contributed by atoms with Crippen molar-refractivity contribution in [3.8, 4) is 0 Å². The maximum atomic E-state index is 13.3. The summed E-state index contributed by atoms with van der Waals surface area (Å²) in [6.07, 6.45) is 0.0919. The number of halogens is 1. The minimum absolute atomic E-state index is 0.0919. The third-order valence-corrected chi connectivity index (χ3v) is 4.16. The number of nitrogens with zero attached hydrogens (tertiary/aromatic N) is 2. The van der Waals surface area contributed by atoms with E-state index in [1.807, 2.05) is 0 Å². The summed E-state index contributed by atoms with van der Waals surface area (Å²) in [4.78, 5) is 38.0. The van der Waals surface area contributed by atoms with E-state index in [9.17, 15) is 18.8 Å². The van der Waals surface area contributed by atoms with Gasteiger partial charge >= 0.3 is 6.03 Å². The zero-order valence-electron chi connectivity index (χ0n) is 12.4. The molecular formula is C15H17FN4O3. The highest BCUT2D eigenvalue weighted by Gasteiger charge is 2.38. The lowest BCUT2D eigenvalue weighted by atomic mass is 10.1. The Bertz CT molecular complexity index is 660. The number of urea groups is 1. The molecule has 0 saturated carbocycles. The Hall–Kier alpha value is -2.64. The minimum Gasteiger partial charge on any atom is -0.351 e. The SMILES string of the molecule is NC(=O)N1CC(NC(=O)C2CC(=O)N(c3cccc(F)c3)C2)C1. The second kappa shape index (κ2) is 5.86. The number of hydrogen-bond donors (Lipinski definition) is 2. The number of primary amides is 1. The van der Waals surface area contributed by atoms with Crippen LogP contribution in [0.3, 0.4) is 0 Å². The fourth-order valence-corrected chi connectivity index (χ4v) is 2.85. The van der Waals surface area contributed by atoms with E-state index in [1.165, 1.54) is 28.0 Å². The van der Waals surface area contributed by atoms with Crippen LogP contribution < -0.4 is 16.0 Å². The van der Waals surface area contributed by atoms with Gasteiger partial charge < -0.3 is 20.9 Å². The second-order valence-corrected chi connectivity index (χ2v) is 5.83. The molecule has 2 aliphatic heterocycles. The van der Waals surface area contributed by atoms with Crippen molar-refractivity contribution in [3.05, 3.63) is 30.1 Å². The van der Waals surface area contributed by atoms with E-state index in [1.54, 1.807) is 6.07 Å². The van der Waals surface area contributed by atoms with Crippen LogP contribution in [-0.2, 0) is 9.59 Å². The van der Waals surface area contributed by atoms with Crippen molar-refractivity contribution in [2.75, 3.05) is 24.5 Å². The molecular weight excluding hydrogens is 303 g/mol. The molecule has 0 spiro atoms. The van der Waals surface area contributed by atoms with Gasteiger partial charge in [-0.05, 0) is 18.2 Å². The van der Waals surface area contributed by atoms with Gasteiger partial charge in [-0.25, -0.2) is 9.18 Å². The van der Waals surface area contributed by atoms with Gasteiger partial charge in [-0.2, -0.15) is 0 Å². The third kappa shape index (κ3) is 3.10. The van der Waals surface area contributed by atoms with E-state index < -0.39 is 17.8 Å². The predicted octanol–water partition coefficient (Wildman–Crippen LogP) is 0.0577. The van der Waals surface area contributed by atoms with Crippen LogP contribution >= 0.6 is 0 Å². The lowest BCUT2D eigenvalue weighted by Gasteiger charge is -2.38. The van der Waals surface area contributed by atoms with Crippen LogP contribution in [0.5, 0.6) is 0 Å². The summed E-state index contributed by atoms with van der Waals surface area (Å²) in [6.45, 7) is 0.991. The van der Waals surface area contributed by atoms with Crippen LogP contribution in [-0.4, -0.2) is 48.4 Å². The first-order chi connectivity index (χ1) is 10.9. The summed E-state index contributed by atoms with van der Waals surface area (Å²) in [5, 5.41) is 2.81. The maximum absolute atomic E-state index is 13.3. The number of likely N-dealkylation sites (tertiary alicyclic amines) is 1. The van der Waals surface area contributed by atoms with E-state index in [2.05, 4.69) is 5.32 Å². The lowest BCUT2D eigenvalue weighted by Crippen LogP contribution is -2.62. The average Bonchev–Trinajstić information content (AvgIpc) is 2.84. The van der Waals surface area contributed by atoms with Gasteiger partial charge in [0.15, 0.2) is 0 Å². The van der Waals surface area contributed by atoms with Crippen molar-refractivity contribution in [1.82, 2.24) is 10.2 Å². The summed E-state index contributed by atoms with van der Waals surface area (Å²) in [5.74, 6) is -1.34. The van der Waals surface area contributed by atoms with Gasteiger partial charge in [-0.3, -0.25) is 9.59 Å². The second-order valence-electron chi connectivity index (χ2n) is 5.83. The molecule has 1 atom stereocenters. The molecule has 4 amide bonds. The van der Waals surface area contributed by atoms with Gasteiger partial charge in [-0.1, -0.05) is 6.07 Å². The number of carbonyl (C=O) groups is 3. The molecule has 23 heavy (non-hydrogen) atoms. The molecule has 2 fully saturated rings. The van der Waals surface area contributed by atoms with Gasteiger partial charge in [0.25, 0.3) is 0 Å². The number of hydrogen-bond acceptors (Lipinski definition) is 3. The molecule has 7 nitrogen and oxygen atoms in total. The number of amides is 4. The van der Waals surface area contributed by atoms with Crippen molar-refractivity contribution in [2.24, 2.45) is 11.7 Å². The molecule has 3 N–H and O–H groups in total. The van der Waals surface area contributed by atoms with Gasteiger partial charge in [0, 0.05) is 31.7 Å². The molecule has 0 aromatic heterocycles. The number of benzene rings is 1. The quantitative estimate of drug-likeness (QED) is 0.824. The first kappa shape index (κ1) is 15.3. The topological polar surface area (TPSA) is 95.7 Å². The smallest absolute Gasteiger partial charge is 0.314 e. The third-order valence-electron chi connectivity index (χ3n) is 4.16. The van der Waals surface area contributed by atoms with Crippen LogP contribution in [0.1, 0.15) is 6.42 Å². The predicted molar refractivity (Wildman–Crippen MR) is 79.9 cm³/mol. The van der Waals surface area contributed by atoms with Crippen LogP contribution in [0, 0.1) is 11.7 Å². The molecule has 3 rings (SSSR count). The molecule has 0 aliphatic carbocycles. The lowest BCUT2D eigenvalue weighted by molar-refractivity contribution is -0.127. The van der Waals surface area contributed by atoms with Crippen LogP contribution in [0.4, 0.5) is 14.9 Å². The molecule has 0 bridgehead atoms. The van der Waals surface area contributed by atoms with Crippen LogP contribution in [0.25, 0.3) is 0 Å². The van der Waals surface area contributed by atoms with E-state index in [0.29, 0.717) is 18.8 Å². The fraction of sp³-hybridized carbons (Fsp3) is 0.400. The standard InChI is InChI=1S/C15H17FN4O3/c16-10-2-1-3-12(5-10)20-6-9(4-13(20)21)14(22)18-11-7-19(8-11)15(17)23/h1-3,5,9,11H,4,6-8H2,(H2,17,23)(H,18,22). The number of carbonyl (C=O) groups excluding carboxylic acids is 3. The van der Waals surface area contributed by atoms with E-state index in [0.717, 1.165) is 0 Å². The van der Waals surface area contributed by atoms with E-state index in [4.69, 9.17) is 5.73 Å². The van der Waals surface area contributed by atoms with Gasteiger partial charge in [0.2, 0.25) is 11.8 Å². The first-order valence-corrected chi connectivity index (χ1v) is 7.34. The zero-order valence-corrected chi connectivity index (χ0v) is 12.4. The molecule has 2 heterocycles. The molecule has 0 radical (unpaired) electrons. The first-order valence-electron chi connectivity index (χ1n) is 7.34. The van der Waals surface area contributed by atoms with E-state index >= 15 is 0 Å². The summed E-state index contributed by atoms with van der Waals surface area (Å²) in [6, 6.07) is 5.09. The monoisotopic (exact) mass is 320 g/mol. The highest BCUT2D eigenvalue weighted by molar-refractivity contribution is 6.00. The Labute approximate surface area is 132 Å². The summed E-state index contributed by atoms with van der Waals surface area (Å²) in [5.41, 5.74) is 5.57. The number of rotatable bonds is 3. The van der Waals surface area contributed by atoms with Gasteiger partial charge in [-0.15, -0.1) is 0 Å². The average molecular weight is 320 g/mol. The summed E-state index contributed by atoms with van der Waals surface area (Å²) in [7, 11) is 0. The van der Waals surface area contributed by atoms with Crippen LogP contribution in [0.15, 0.2) is 24.3 Å². The number of nitrogens with one attached hydrogen (secondary N) is 1. The van der Waals surface area contributed by atoms with Crippen molar-refractivity contribution in [3.63, 3.8) is 0 Å². The Kier molecular flexibility index (Phi) is 3.89. The largest absolute Gasteiger partial charge is 0.351 e. The summed E-state index contributed by atoms with van der Waals surface area (Å²) < 4.78 is 13.3. The molecule has 8 heteroatoms. The Morgan fingerprint density at radius 3 is 2.65 bits per heavy atom. The maximum Gasteiger partial charge on any atom is 0.314 e. The van der Waals surface area contributed by atoms with Crippen molar-refractivity contribution in [2.45, 2.75) is 12.5 Å². The minimum atomic E-state index is -0.510. The molecule has 1 unspecified atom stereocenters. The highest BCUT2D eigenvalue weighted by atomic mass is 19.1. The molecule has 2 aliphatic rings. The Balaban J connectivity index is 1.57. The normalized spacial score (nSPS) is 21.3. The highest BCUT2D eigenvalue weighted by Crippen LogP contribution is 2.26. The number of nitrogens with two attached hydrogens (primary N) is 1.